The fraction of sp³-hybridized carbons (Fsp3) is 0.0714. The molecule has 0 aliphatic rings. The Hall–Kier alpha value is -0.902. The van der Waals surface area contributed by atoms with Crippen LogP contribution in [0.1, 0.15) is 11.1 Å². The molecule has 3 nitrogen and oxygen atoms in total. The van der Waals surface area contributed by atoms with Crippen molar-refractivity contribution in [3.63, 3.8) is 0 Å². The van der Waals surface area contributed by atoms with Gasteiger partial charge in [-0.1, -0.05) is 0 Å². The summed E-state index contributed by atoms with van der Waals surface area (Å²) in [6, 6.07) is 14.9. The summed E-state index contributed by atoms with van der Waals surface area (Å²) in [5, 5.41) is 3.43. The van der Waals surface area contributed by atoms with E-state index in [0.717, 1.165) is 34.5 Å². The van der Waals surface area contributed by atoms with Gasteiger partial charge in [0.25, 0.3) is 0 Å². The molecule has 0 bridgehead atoms. The molecule has 0 aliphatic carbocycles. The first kappa shape index (κ1) is 14.5. The number of benzene rings is 2. The van der Waals surface area contributed by atoms with Crippen molar-refractivity contribution in [2.45, 2.75) is 11.3 Å². The number of hydrogen-bond acceptors (Lipinski definition) is 4. The van der Waals surface area contributed by atoms with Crippen LogP contribution in [0.5, 0.6) is 0 Å². The molecule has 0 aromatic heterocycles. The van der Waals surface area contributed by atoms with Crippen molar-refractivity contribution >= 4 is 35.5 Å². The van der Waals surface area contributed by atoms with Crippen LogP contribution in [0.3, 0.4) is 0 Å². The van der Waals surface area contributed by atoms with Crippen LogP contribution < -0.4 is 4.35 Å². The molecule has 0 atom stereocenters. The van der Waals surface area contributed by atoms with Crippen molar-refractivity contribution in [3.8, 4) is 0 Å². The van der Waals surface area contributed by atoms with Crippen LogP contribution in [0.25, 0.3) is 0 Å². The van der Waals surface area contributed by atoms with Gasteiger partial charge in [0.15, 0.2) is 0 Å². The Bertz CT molecular complexity index is 587. The zero-order valence-corrected chi connectivity index (χ0v) is 12.9. The third-order valence-electron chi connectivity index (χ3n) is 2.79. The summed E-state index contributed by atoms with van der Waals surface area (Å²) >= 11 is -3.04. The van der Waals surface area contributed by atoms with Crippen LogP contribution in [-0.4, -0.2) is 31.8 Å². The van der Waals surface area contributed by atoms with E-state index in [4.69, 9.17) is 4.55 Å². The number of rotatable bonds is 4. The molecular weight excluding hydrogens is 323 g/mol. The van der Waals surface area contributed by atoms with Gasteiger partial charge in [0, 0.05) is 0 Å². The van der Waals surface area contributed by atoms with E-state index in [0.29, 0.717) is 4.35 Å². The second-order valence-corrected chi connectivity index (χ2v) is 9.11. The Morgan fingerprint density at radius 3 is 1.79 bits per heavy atom. The van der Waals surface area contributed by atoms with E-state index in [1.54, 1.807) is 12.1 Å². The zero-order chi connectivity index (χ0) is 13.9. The quantitative estimate of drug-likeness (QED) is 0.584. The summed E-state index contributed by atoms with van der Waals surface area (Å²) in [6.07, 6.45) is 0.767. The summed E-state index contributed by atoms with van der Waals surface area (Å²) in [7, 11) is 0. The van der Waals surface area contributed by atoms with Gasteiger partial charge in [0.1, 0.15) is 0 Å². The summed E-state index contributed by atoms with van der Waals surface area (Å²) in [5.41, 5.74) is 2.23. The average molecular weight is 338 g/mol. The van der Waals surface area contributed by atoms with Crippen LogP contribution in [0.15, 0.2) is 53.4 Å². The topological polar surface area (TPSA) is 60.7 Å². The Morgan fingerprint density at radius 2 is 1.37 bits per heavy atom. The molecule has 0 amide bonds. The van der Waals surface area contributed by atoms with Crippen LogP contribution in [0.2, 0.25) is 0 Å². The van der Waals surface area contributed by atoms with Crippen LogP contribution in [0.4, 0.5) is 0 Å². The Balaban J connectivity index is 2.12. The molecule has 0 aliphatic heterocycles. The maximum absolute atomic E-state index is 9.52. The third-order valence-corrected chi connectivity index (χ3v) is 5.63. The molecule has 3 N–H and O–H groups in total. The SMILES string of the molecule is C=[As](O)(O)c1ccc(Cc2ccc(SO)cc2)cc1. The molecule has 2 rings (SSSR count). The predicted octanol–water partition coefficient (Wildman–Crippen LogP) is 1.49. The fourth-order valence-electron chi connectivity index (χ4n) is 1.76. The Morgan fingerprint density at radius 1 is 0.895 bits per heavy atom. The van der Waals surface area contributed by atoms with Gasteiger partial charge in [-0.15, -0.1) is 0 Å². The van der Waals surface area contributed by atoms with E-state index >= 15 is 0 Å². The van der Waals surface area contributed by atoms with Gasteiger partial charge < -0.3 is 0 Å². The molecule has 0 heterocycles. The molecule has 0 spiro atoms. The minimum absolute atomic E-state index is 0.536. The molecule has 100 valence electrons. The fourth-order valence-corrected chi connectivity index (χ4v) is 3.33. The first-order chi connectivity index (χ1) is 8.99. The van der Waals surface area contributed by atoms with Crippen molar-refractivity contribution in [1.29, 1.82) is 0 Å². The standard InChI is InChI=1S/C14H15AsO3S/c1-15(16,17)13-6-2-11(3-7-13)10-12-4-8-14(19-18)9-5-12/h2-9,16-18H,1,10H2. The van der Waals surface area contributed by atoms with Gasteiger partial charge in [0.05, 0.1) is 0 Å². The molecule has 0 fully saturated rings. The van der Waals surface area contributed by atoms with E-state index in [9.17, 15) is 8.19 Å². The van der Waals surface area contributed by atoms with Gasteiger partial charge in [-0.25, -0.2) is 0 Å². The monoisotopic (exact) mass is 338 g/mol. The van der Waals surface area contributed by atoms with Gasteiger partial charge in [-0.3, -0.25) is 0 Å². The van der Waals surface area contributed by atoms with E-state index in [-0.39, 0.29) is 0 Å². The van der Waals surface area contributed by atoms with Crippen LogP contribution in [-0.2, 0) is 6.42 Å². The second-order valence-electron chi connectivity index (χ2n) is 4.31. The molecule has 2 aromatic carbocycles. The summed E-state index contributed by atoms with van der Waals surface area (Å²) in [5.74, 6) is 0. The minimum atomic E-state index is -3.77. The van der Waals surface area contributed by atoms with Crippen LogP contribution >= 0.6 is 12.0 Å². The first-order valence-corrected chi connectivity index (χ1v) is 10.4. The molecule has 0 unspecified atom stereocenters. The van der Waals surface area contributed by atoms with E-state index in [2.05, 4.69) is 5.31 Å². The zero-order valence-electron chi connectivity index (χ0n) is 10.2. The summed E-state index contributed by atoms with van der Waals surface area (Å²) in [6.45, 7) is 0. The average Bonchev–Trinajstić information content (AvgIpc) is 2.39. The van der Waals surface area contributed by atoms with Gasteiger partial charge in [-0.2, -0.15) is 0 Å². The normalized spacial score (nSPS) is 11.5. The Kier molecular flexibility index (Phi) is 4.61. The van der Waals surface area contributed by atoms with Crippen molar-refractivity contribution in [3.05, 3.63) is 59.7 Å². The molecule has 0 saturated carbocycles. The van der Waals surface area contributed by atoms with Crippen molar-refractivity contribution < 1.29 is 12.7 Å². The van der Waals surface area contributed by atoms with Gasteiger partial charge >= 0.3 is 119 Å². The molecular formula is C14H15AsO3S. The second kappa shape index (κ2) is 6.03. The third kappa shape index (κ3) is 4.03. The van der Waals surface area contributed by atoms with Crippen molar-refractivity contribution in [2.75, 3.05) is 0 Å². The van der Waals surface area contributed by atoms with Gasteiger partial charge in [-0.05, 0) is 0 Å². The van der Waals surface area contributed by atoms with Crippen molar-refractivity contribution in [2.24, 2.45) is 0 Å². The summed E-state index contributed by atoms with van der Waals surface area (Å²) in [4.78, 5) is 0.814. The number of hydrogen-bond donors (Lipinski definition) is 3. The van der Waals surface area contributed by atoms with Gasteiger partial charge in [0.2, 0.25) is 0 Å². The Labute approximate surface area is 119 Å². The van der Waals surface area contributed by atoms with E-state index < -0.39 is 13.8 Å². The van der Waals surface area contributed by atoms with Crippen molar-refractivity contribution in [1.82, 2.24) is 0 Å². The molecule has 5 heteroatoms. The van der Waals surface area contributed by atoms with E-state index in [1.165, 1.54) is 0 Å². The molecule has 0 saturated heterocycles. The van der Waals surface area contributed by atoms with Crippen LogP contribution in [0, 0.1) is 0 Å². The first-order valence-electron chi connectivity index (χ1n) is 5.68. The summed E-state index contributed by atoms with van der Waals surface area (Å²) < 4.78 is 28.5. The molecule has 0 radical (unpaired) electrons. The molecule has 19 heavy (non-hydrogen) atoms. The predicted molar refractivity (Wildman–Crippen MR) is 81.1 cm³/mol. The maximum atomic E-state index is 9.52. The molecule has 2 aromatic rings. The van der Waals surface area contributed by atoms with E-state index in [1.807, 2.05) is 36.4 Å².